The summed E-state index contributed by atoms with van der Waals surface area (Å²) in [6, 6.07) is 16.1. The van der Waals surface area contributed by atoms with Crippen LogP contribution in [0.1, 0.15) is 39.7 Å². The number of nitrogens with zero attached hydrogens (tertiary/aromatic N) is 4. The lowest BCUT2D eigenvalue weighted by molar-refractivity contribution is -0.120. The van der Waals surface area contributed by atoms with Gasteiger partial charge in [0.1, 0.15) is 24.3 Å². The van der Waals surface area contributed by atoms with Crippen molar-refractivity contribution in [2.75, 3.05) is 11.1 Å². The monoisotopic (exact) mass is 586 g/mol. The van der Waals surface area contributed by atoms with Crippen LogP contribution in [0.2, 0.25) is 0 Å². The van der Waals surface area contributed by atoms with E-state index in [1.807, 2.05) is 47.8 Å². The van der Waals surface area contributed by atoms with E-state index >= 15 is 0 Å². The average molecular weight is 587 g/mol. The fourth-order valence-corrected chi connectivity index (χ4v) is 6.47. The van der Waals surface area contributed by atoms with Crippen LogP contribution in [-0.2, 0) is 16.1 Å². The number of thiazole rings is 1. The normalized spacial score (nSPS) is 18.1. The lowest BCUT2D eigenvalue weighted by Crippen LogP contribution is -2.45. The molecule has 4 aromatic rings. The topological polar surface area (TPSA) is 126 Å². The molecule has 2 atom stereocenters. The zero-order chi connectivity index (χ0) is 28.2. The predicted octanol–water partition coefficient (Wildman–Crippen LogP) is 4.88. The number of carbonyl (C=O) groups excluding carboxylic acids is 3. The maximum atomic E-state index is 13.5. The molecule has 2 N–H and O–H groups in total. The highest BCUT2D eigenvalue weighted by molar-refractivity contribution is 7.99. The first-order chi connectivity index (χ1) is 20.0. The van der Waals surface area contributed by atoms with Crippen LogP contribution in [0.4, 0.5) is 9.93 Å². The Morgan fingerprint density at radius 2 is 1.76 bits per heavy atom. The zero-order valence-corrected chi connectivity index (χ0v) is 23.4. The minimum absolute atomic E-state index is 0.0769. The number of nitrogens with one attached hydrogen (secondary N) is 2. The molecule has 41 heavy (non-hydrogen) atoms. The second-order valence-electron chi connectivity index (χ2n) is 9.67. The summed E-state index contributed by atoms with van der Waals surface area (Å²) in [4.78, 5) is 53.2. The summed E-state index contributed by atoms with van der Waals surface area (Å²) < 4.78 is 5.62. The second-order valence-corrected chi connectivity index (χ2v) is 11.6. The number of ether oxygens (including phenoxy) is 1. The molecule has 1 unspecified atom stereocenters. The maximum absolute atomic E-state index is 13.5. The van der Waals surface area contributed by atoms with E-state index in [-0.39, 0.29) is 18.4 Å². The van der Waals surface area contributed by atoms with Gasteiger partial charge in [0.2, 0.25) is 5.91 Å². The van der Waals surface area contributed by atoms with Gasteiger partial charge in [-0.1, -0.05) is 42.5 Å². The van der Waals surface area contributed by atoms with Crippen molar-refractivity contribution in [1.82, 2.24) is 25.2 Å². The lowest BCUT2D eigenvalue weighted by Gasteiger charge is -2.27. The number of carbonyl (C=O) groups is 3. The first-order valence-corrected chi connectivity index (χ1v) is 15.0. The van der Waals surface area contributed by atoms with Crippen molar-refractivity contribution in [3.8, 4) is 11.3 Å². The molecule has 2 aromatic heterocycles. The van der Waals surface area contributed by atoms with Crippen LogP contribution in [-0.4, -0.2) is 55.6 Å². The predicted molar refractivity (Wildman–Crippen MR) is 156 cm³/mol. The van der Waals surface area contributed by atoms with Crippen molar-refractivity contribution >= 4 is 46.1 Å². The fourth-order valence-electron chi connectivity index (χ4n) is 4.36. The molecule has 1 saturated heterocycles. The van der Waals surface area contributed by atoms with Crippen LogP contribution < -0.4 is 10.6 Å². The third-order valence-corrected chi connectivity index (χ3v) is 8.76. The molecular weight excluding hydrogens is 560 g/mol. The maximum Gasteiger partial charge on any atom is 0.412 e. The first kappa shape index (κ1) is 26.9. The number of hydrogen-bond donors (Lipinski definition) is 2. The molecule has 208 valence electrons. The van der Waals surface area contributed by atoms with Crippen LogP contribution in [0.3, 0.4) is 0 Å². The van der Waals surface area contributed by atoms with E-state index in [1.165, 1.54) is 34.3 Å². The molecule has 2 aliphatic rings. The van der Waals surface area contributed by atoms with Gasteiger partial charge in [-0.2, -0.15) is 0 Å². The van der Waals surface area contributed by atoms with Gasteiger partial charge in [-0.25, -0.2) is 19.7 Å². The van der Waals surface area contributed by atoms with E-state index in [0.29, 0.717) is 33.7 Å². The Balaban J connectivity index is 1.14. The van der Waals surface area contributed by atoms with Gasteiger partial charge in [-0.15, -0.1) is 23.1 Å². The number of thioether (sulfide) groups is 1. The van der Waals surface area contributed by atoms with Crippen molar-refractivity contribution < 1.29 is 19.1 Å². The molecule has 1 aliphatic heterocycles. The van der Waals surface area contributed by atoms with Gasteiger partial charge < -0.3 is 15.4 Å². The third-order valence-electron chi connectivity index (χ3n) is 6.67. The molecular formula is C29H26N6O4S2. The Hall–Kier alpha value is -4.29. The molecule has 0 bridgehead atoms. The number of rotatable bonds is 8. The summed E-state index contributed by atoms with van der Waals surface area (Å²) in [6.07, 6.45) is 6.16. The lowest BCUT2D eigenvalue weighted by atomic mass is 10.1. The van der Waals surface area contributed by atoms with E-state index in [9.17, 15) is 14.4 Å². The number of aromatic nitrogens is 3. The second kappa shape index (κ2) is 12.1. The van der Waals surface area contributed by atoms with E-state index in [4.69, 9.17) is 4.74 Å². The molecule has 6 rings (SSSR count). The molecule has 2 fully saturated rings. The van der Waals surface area contributed by atoms with Gasteiger partial charge in [0.25, 0.3) is 5.91 Å². The molecule has 1 saturated carbocycles. The number of hydrogen-bond acceptors (Lipinski definition) is 9. The summed E-state index contributed by atoms with van der Waals surface area (Å²) in [5.41, 5.74) is 3.66. The van der Waals surface area contributed by atoms with Crippen molar-refractivity contribution in [3.63, 3.8) is 0 Å². The SMILES string of the molecule is O=C(NC1CC1)c1ccc(-c2csc(NC(=O)C3CS[C@H](c4cncnc4)N3C(=O)OCc3ccccc3)n2)cc1. The molecule has 3 amide bonds. The smallest absolute Gasteiger partial charge is 0.412 e. The van der Waals surface area contributed by atoms with E-state index in [2.05, 4.69) is 25.6 Å². The molecule has 12 heteroatoms. The van der Waals surface area contributed by atoms with E-state index in [0.717, 1.165) is 24.0 Å². The van der Waals surface area contributed by atoms with Crippen LogP contribution in [0, 0.1) is 0 Å². The van der Waals surface area contributed by atoms with Crippen molar-refractivity contribution in [3.05, 3.63) is 95.4 Å². The van der Waals surface area contributed by atoms with Gasteiger partial charge in [0.05, 0.1) is 5.69 Å². The molecule has 10 nitrogen and oxygen atoms in total. The highest BCUT2D eigenvalue weighted by Crippen LogP contribution is 2.42. The summed E-state index contributed by atoms with van der Waals surface area (Å²) in [5, 5.41) is 7.63. The van der Waals surface area contributed by atoms with Crippen LogP contribution >= 0.6 is 23.1 Å². The molecule has 2 aromatic carbocycles. The summed E-state index contributed by atoms with van der Waals surface area (Å²) >= 11 is 2.74. The number of benzene rings is 2. The summed E-state index contributed by atoms with van der Waals surface area (Å²) in [6.45, 7) is 0.0874. The van der Waals surface area contributed by atoms with Gasteiger partial charge >= 0.3 is 6.09 Å². The van der Waals surface area contributed by atoms with Crippen LogP contribution in [0.25, 0.3) is 11.3 Å². The van der Waals surface area contributed by atoms with Gasteiger partial charge in [-0.05, 0) is 30.5 Å². The van der Waals surface area contributed by atoms with Crippen LogP contribution in [0.15, 0.2) is 78.7 Å². The number of amides is 3. The number of anilines is 1. The minimum Gasteiger partial charge on any atom is -0.444 e. The first-order valence-electron chi connectivity index (χ1n) is 13.1. The Morgan fingerprint density at radius 3 is 2.49 bits per heavy atom. The van der Waals surface area contributed by atoms with Gasteiger partial charge in [0, 0.05) is 46.3 Å². The van der Waals surface area contributed by atoms with Gasteiger partial charge in [-0.3, -0.25) is 14.5 Å². The Kier molecular flexibility index (Phi) is 7.92. The van der Waals surface area contributed by atoms with E-state index in [1.54, 1.807) is 24.5 Å². The van der Waals surface area contributed by atoms with Crippen molar-refractivity contribution in [1.29, 1.82) is 0 Å². The van der Waals surface area contributed by atoms with Crippen LogP contribution in [0.5, 0.6) is 0 Å². The summed E-state index contributed by atoms with van der Waals surface area (Å²) in [7, 11) is 0. The summed E-state index contributed by atoms with van der Waals surface area (Å²) in [5.74, 6) is -0.0671. The average Bonchev–Trinajstić information content (AvgIpc) is 3.51. The Bertz CT molecular complexity index is 1530. The minimum atomic E-state index is -0.787. The highest BCUT2D eigenvalue weighted by Gasteiger charge is 2.44. The fraction of sp³-hybridized carbons (Fsp3) is 0.241. The van der Waals surface area contributed by atoms with Crippen molar-refractivity contribution in [2.45, 2.75) is 36.9 Å². The van der Waals surface area contributed by atoms with Crippen molar-refractivity contribution in [2.24, 2.45) is 0 Å². The Morgan fingerprint density at radius 1 is 1.00 bits per heavy atom. The quantitative estimate of drug-likeness (QED) is 0.299. The molecule has 1 aliphatic carbocycles. The highest BCUT2D eigenvalue weighted by atomic mass is 32.2. The molecule has 0 spiro atoms. The van der Waals surface area contributed by atoms with E-state index < -0.39 is 17.5 Å². The zero-order valence-electron chi connectivity index (χ0n) is 21.8. The molecule has 3 heterocycles. The third kappa shape index (κ3) is 6.39. The standard InChI is InChI=1S/C29H26N6O4S2/c36-25(32-22-10-11-22)20-8-6-19(7-9-20)23-15-41-28(33-23)34-26(37)24-16-40-27(21-12-30-17-31-13-21)35(24)29(38)39-14-18-4-2-1-3-5-18/h1-9,12-13,15,17,22,24,27H,10-11,14,16H2,(H,32,36)(H,33,34,37)/t24?,27-/m1/s1. The Labute approximate surface area is 244 Å². The largest absolute Gasteiger partial charge is 0.444 e. The van der Waals surface area contributed by atoms with Gasteiger partial charge in [0.15, 0.2) is 5.13 Å². The molecule has 0 radical (unpaired) electrons.